The van der Waals surface area contributed by atoms with Crippen LogP contribution in [0.1, 0.15) is 24.6 Å². The summed E-state index contributed by atoms with van der Waals surface area (Å²) in [6.45, 7) is 1.97. The number of aliphatic carboxylic acids is 1. The van der Waals surface area contributed by atoms with Crippen molar-refractivity contribution in [3.8, 4) is 17.3 Å². The van der Waals surface area contributed by atoms with Crippen molar-refractivity contribution in [1.29, 1.82) is 0 Å². The van der Waals surface area contributed by atoms with Crippen LogP contribution in [0, 0.1) is 0 Å². The highest BCUT2D eigenvalue weighted by Gasteiger charge is 2.19. The summed E-state index contributed by atoms with van der Waals surface area (Å²) in [7, 11) is 1.54. The van der Waals surface area contributed by atoms with Crippen molar-refractivity contribution in [2.45, 2.75) is 26.2 Å². The number of rotatable bonds is 6. The first-order valence-electron chi connectivity index (χ1n) is 6.72. The third-order valence-corrected chi connectivity index (χ3v) is 3.23. The Kier molecular flexibility index (Phi) is 4.47. The summed E-state index contributed by atoms with van der Waals surface area (Å²) < 4.78 is 7.06. The van der Waals surface area contributed by atoms with Crippen LogP contribution in [0.15, 0.2) is 24.3 Å². The Morgan fingerprint density at radius 3 is 2.52 bits per heavy atom. The first kappa shape index (κ1) is 14.9. The highest BCUT2D eigenvalue weighted by molar-refractivity contribution is 5.67. The van der Waals surface area contributed by atoms with Crippen LogP contribution >= 0.6 is 0 Å². The van der Waals surface area contributed by atoms with Gasteiger partial charge >= 0.3 is 5.97 Å². The molecule has 0 aliphatic carbocycles. The van der Waals surface area contributed by atoms with Crippen LogP contribution in [0.5, 0.6) is 11.6 Å². The summed E-state index contributed by atoms with van der Waals surface area (Å²) in [5.74, 6) is -0.137. The molecule has 21 heavy (non-hydrogen) atoms. The Balaban J connectivity index is 2.46. The molecule has 6 nitrogen and oxygen atoms in total. The molecule has 0 spiro atoms. The van der Waals surface area contributed by atoms with E-state index in [1.54, 1.807) is 28.9 Å². The second kappa shape index (κ2) is 6.30. The number of carbonyl (C=O) groups is 1. The number of phenolic OH excluding ortho intramolecular Hbond substituents is 1. The van der Waals surface area contributed by atoms with Gasteiger partial charge in [-0.3, -0.25) is 4.79 Å². The molecule has 2 N–H and O–H groups in total. The fourth-order valence-corrected chi connectivity index (χ4v) is 2.22. The quantitative estimate of drug-likeness (QED) is 0.851. The summed E-state index contributed by atoms with van der Waals surface area (Å²) in [6, 6.07) is 6.59. The molecule has 1 aromatic carbocycles. The minimum atomic E-state index is -0.850. The van der Waals surface area contributed by atoms with Gasteiger partial charge in [0.05, 0.1) is 18.5 Å². The number of ether oxygens (including phenoxy) is 1. The van der Waals surface area contributed by atoms with Crippen molar-refractivity contribution in [2.75, 3.05) is 7.11 Å². The molecule has 0 fully saturated rings. The lowest BCUT2D eigenvalue weighted by molar-refractivity contribution is -0.136. The molecule has 0 aliphatic rings. The molecule has 0 aliphatic heterocycles. The highest BCUT2D eigenvalue weighted by Crippen LogP contribution is 2.28. The van der Waals surface area contributed by atoms with Gasteiger partial charge in [0, 0.05) is 12.0 Å². The van der Waals surface area contributed by atoms with Crippen LogP contribution in [-0.4, -0.2) is 33.1 Å². The predicted molar refractivity (Wildman–Crippen MR) is 77.1 cm³/mol. The van der Waals surface area contributed by atoms with E-state index in [1.807, 2.05) is 6.92 Å². The maximum absolute atomic E-state index is 10.8. The summed E-state index contributed by atoms with van der Waals surface area (Å²) in [4.78, 5) is 10.8. The second-order valence-electron chi connectivity index (χ2n) is 4.61. The van der Waals surface area contributed by atoms with Gasteiger partial charge in [0.15, 0.2) is 0 Å². The molecular formula is C15H18N2O4. The molecule has 1 heterocycles. The standard InChI is InChI=1S/C15H18N2O4/c1-3-13-12(8-9-14(19)20)15(21-2)17(16-13)10-4-6-11(18)7-5-10/h4-7,18H,3,8-9H2,1-2H3,(H,19,20). The maximum atomic E-state index is 10.8. The fourth-order valence-electron chi connectivity index (χ4n) is 2.22. The van der Waals surface area contributed by atoms with Gasteiger partial charge in [0.2, 0.25) is 5.88 Å². The zero-order valence-corrected chi connectivity index (χ0v) is 12.0. The number of aromatic hydroxyl groups is 1. The van der Waals surface area contributed by atoms with Gasteiger partial charge in [-0.15, -0.1) is 0 Å². The van der Waals surface area contributed by atoms with Crippen LogP contribution in [0.25, 0.3) is 5.69 Å². The normalized spacial score (nSPS) is 10.6. The number of aromatic nitrogens is 2. The molecule has 0 amide bonds. The SMILES string of the molecule is CCc1nn(-c2ccc(O)cc2)c(OC)c1CCC(=O)O. The van der Waals surface area contributed by atoms with Crippen LogP contribution in [0.3, 0.4) is 0 Å². The van der Waals surface area contributed by atoms with E-state index in [-0.39, 0.29) is 12.2 Å². The van der Waals surface area contributed by atoms with Gasteiger partial charge in [-0.25, -0.2) is 4.68 Å². The number of hydrogen-bond donors (Lipinski definition) is 2. The average molecular weight is 290 g/mol. The Morgan fingerprint density at radius 1 is 1.33 bits per heavy atom. The van der Waals surface area contributed by atoms with Crippen molar-refractivity contribution in [1.82, 2.24) is 9.78 Å². The summed E-state index contributed by atoms with van der Waals surface area (Å²) in [5.41, 5.74) is 2.39. The molecule has 0 radical (unpaired) electrons. The van der Waals surface area contributed by atoms with Crippen molar-refractivity contribution >= 4 is 5.97 Å². The Morgan fingerprint density at radius 2 is 2.00 bits per heavy atom. The number of hydrogen-bond acceptors (Lipinski definition) is 4. The lowest BCUT2D eigenvalue weighted by Gasteiger charge is -2.08. The van der Waals surface area contributed by atoms with Crippen molar-refractivity contribution < 1.29 is 19.7 Å². The molecule has 0 bridgehead atoms. The van der Waals surface area contributed by atoms with Gasteiger partial charge in [-0.1, -0.05) is 6.92 Å². The fraction of sp³-hybridized carbons (Fsp3) is 0.333. The van der Waals surface area contributed by atoms with Gasteiger partial charge in [0.25, 0.3) is 0 Å². The number of carboxylic acids is 1. The van der Waals surface area contributed by atoms with Crippen LogP contribution in [0.2, 0.25) is 0 Å². The Hall–Kier alpha value is -2.50. The maximum Gasteiger partial charge on any atom is 0.303 e. The van der Waals surface area contributed by atoms with Crippen molar-refractivity contribution in [3.05, 3.63) is 35.5 Å². The van der Waals surface area contributed by atoms with Gasteiger partial charge < -0.3 is 14.9 Å². The number of phenols is 1. The Bertz CT molecular complexity index is 632. The minimum absolute atomic E-state index is 0.0324. The largest absolute Gasteiger partial charge is 0.508 e. The molecule has 1 aromatic heterocycles. The molecule has 0 atom stereocenters. The Labute approximate surface area is 122 Å². The lowest BCUT2D eigenvalue weighted by atomic mass is 10.1. The topological polar surface area (TPSA) is 84.6 Å². The second-order valence-corrected chi connectivity index (χ2v) is 4.61. The van der Waals surface area contributed by atoms with Crippen molar-refractivity contribution in [3.63, 3.8) is 0 Å². The van der Waals surface area contributed by atoms with Crippen LogP contribution in [-0.2, 0) is 17.6 Å². The van der Waals surface area contributed by atoms with Gasteiger partial charge in [0.1, 0.15) is 5.75 Å². The number of aryl methyl sites for hydroxylation is 1. The zero-order chi connectivity index (χ0) is 15.4. The van der Waals surface area contributed by atoms with E-state index < -0.39 is 5.97 Å². The van der Waals surface area contributed by atoms with Gasteiger partial charge in [-0.2, -0.15) is 5.10 Å². The first-order chi connectivity index (χ1) is 10.1. The van der Waals surface area contributed by atoms with E-state index in [0.717, 1.165) is 16.9 Å². The smallest absolute Gasteiger partial charge is 0.303 e. The molecule has 0 saturated heterocycles. The van der Waals surface area contributed by atoms with Crippen LogP contribution < -0.4 is 4.74 Å². The average Bonchev–Trinajstić information content (AvgIpc) is 2.83. The predicted octanol–water partition coefficient (Wildman–Crippen LogP) is 2.17. The molecule has 2 aromatic rings. The monoisotopic (exact) mass is 290 g/mol. The van der Waals surface area contributed by atoms with Gasteiger partial charge in [-0.05, 0) is 37.1 Å². The number of nitrogens with zero attached hydrogens (tertiary/aromatic N) is 2. The van der Waals surface area contributed by atoms with Crippen LogP contribution in [0.4, 0.5) is 0 Å². The lowest BCUT2D eigenvalue weighted by Crippen LogP contribution is -2.02. The molecular weight excluding hydrogens is 272 g/mol. The highest BCUT2D eigenvalue weighted by atomic mass is 16.5. The summed E-state index contributed by atoms with van der Waals surface area (Å²) in [6.07, 6.45) is 1.10. The van der Waals surface area contributed by atoms with E-state index in [0.29, 0.717) is 18.7 Å². The number of benzene rings is 1. The summed E-state index contributed by atoms with van der Waals surface area (Å²) in [5, 5.41) is 22.7. The number of methoxy groups -OCH3 is 1. The van der Waals surface area contributed by atoms with E-state index in [9.17, 15) is 9.90 Å². The number of carboxylic acid groups (broad SMARTS) is 1. The van der Waals surface area contributed by atoms with E-state index in [2.05, 4.69) is 5.10 Å². The third-order valence-electron chi connectivity index (χ3n) is 3.23. The zero-order valence-electron chi connectivity index (χ0n) is 12.0. The molecule has 0 unspecified atom stereocenters. The molecule has 112 valence electrons. The van der Waals surface area contributed by atoms with E-state index in [1.165, 1.54) is 7.11 Å². The van der Waals surface area contributed by atoms with E-state index >= 15 is 0 Å². The summed E-state index contributed by atoms with van der Waals surface area (Å²) >= 11 is 0. The van der Waals surface area contributed by atoms with E-state index in [4.69, 9.17) is 9.84 Å². The first-order valence-corrected chi connectivity index (χ1v) is 6.72. The minimum Gasteiger partial charge on any atom is -0.508 e. The molecule has 6 heteroatoms. The molecule has 2 rings (SSSR count). The third kappa shape index (κ3) is 3.16. The van der Waals surface area contributed by atoms with Crippen molar-refractivity contribution in [2.24, 2.45) is 0 Å². The molecule has 0 saturated carbocycles.